The number of hydrogen-bond donors (Lipinski definition) is 2. The van der Waals surface area contributed by atoms with Gasteiger partial charge < -0.3 is 15.0 Å². The monoisotopic (exact) mass is 362 g/mol. The van der Waals surface area contributed by atoms with Crippen LogP contribution in [0.2, 0.25) is 0 Å². The molecule has 0 atom stereocenters. The summed E-state index contributed by atoms with van der Waals surface area (Å²) in [5, 5.41) is 11.0. The van der Waals surface area contributed by atoms with Crippen LogP contribution in [0.15, 0.2) is 55.0 Å². The van der Waals surface area contributed by atoms with E-state index in [1.807, 2.05) is 43.3 Å². The highest BCUT2D eigenvalue weighted by atomic mass is 16.3. The zero-order valence-electron chi connectivity index (χ0n) is 15.2. The van der Waals surface area contributed by atoms with Crippen LogP contribution in [0.4, 0.5) is 0 Å². The van der Waals surface area contributed by atoms with Crippen LogP contribution in [-0.4, -0.2) is 44.0 Å². The Morgan fingerprint density at radius 2 is 2.00 bits per heavy atom. The van der Waals surface area contributed by atoms with E-state index in [4.69, 9.17) is 0 Å². The van der Waals surface area contributed by atoms with Crippen LogP contribution in [0.1, 0.15) is 34.5 Å². The second-order valence-corrected chi connectivity index (χ2v) is 7.06. The van der Waals surface area contributed by atoms with E-state index in [0.717, 1.165) is 17.0 Å². The number of amides is 1. The third-order valence-corrected chi connectivity index (χ3v) is 5.15. The molecule has 6 nitrogen and oxygen atoms in total. The summed E-state index contributed by atoms with van der Waals surface area (Å²) in [6.45, 7) is 2.96. The van der Waals surface area contributed by atoms with Gasteiger partial charge in [0, 0.05) is 42.8 Å². The number of imidazole rings is 1. The summed E-state index contributed by atoms with van der Waals surface area (Å²) in [5.41, 5.74) is 2.28. The number of likely N-dealkylation sites (tertiary alicyclic amines) is 1. The number of nitrogens with one attached hydrogen (secondary N) is 1. The molecule has 6 heteroatoms. The highest BCUT2D eigenvalue weighted by Gasteiger charge is 2.36. The Hall–Kier alpha value is -2.99. The first kappa shape index (κ1) is 17.4. The van der Waals surface area contributed by atoms with E-state index in [0.29, 0.717) is 37.2 Å². The van der Waals surface area contributed by atoms with Crippen molar-refractivity contribution in [3.63, 3.8) is 0 Å². The Morgan fingerprint density at radius 3 is 2.67 bits per heavy atom. The highest BCUT2D eigenvalue weighted by Crippen LogP contribution is 2.32. The number of piperidine rings is 1. The fraction of sp³-hybridized carbons (Fsp3) is 0.286. The molecule has 0 unspecified atom stereocenters. The third kappa shape index (κ3) is 3.48. The normalized spacial score (nSPS) is 16.3. The van der Waals surface area contributed by atoms with Gasteiger partial charge >= 0.3 is 0 Å². The number of aliphatic hydroxyl groups is 1. The molecule has 3 heterocycles. The van der Waals surface area contributed by atoms with E-state index in [1.54, 1.807) is 23.5 Å². The Kier molecular flexibility index (Phi) is 4.49. The van der Waals surface area contributed by atoms with E-state index in [2.05, 4.69) is 15.0 Å². The number of H-pyrrole nitrogens is 1. The zero-order valence-corrected chi connectivity index (χ0v) is 15.2. The lowest BCUT2D eigenvalue weighted by molar-refractivity contribution is -0.0244. The average Bonchev–Trinajstić information content (AvgIpc) is 3.23. The van der Waals surface area contributed by atoms with Gasteiger partial charge in [-0.3, -0.25) is 9.78 Å². The number of pyridine rings is 1. The maximum atomic E-state index is 12.9. The van der Waals surface area contributed by atoms with Crippen molar-refractivity contribution in [3.05, 3.63) is 71.8 Å². The average molecular weight is 362 g/mol. The Balaban J connectivity index is 1.47. The second kappa shape index (κ2) is 6.96. The standard InChI is InChI=1S/C21H22N4O2/c1-15-5-6-18(24-14-15)21(27)7-11-25(12-8-21)20(26)17-4-2-3-16(13-17)19-22-9-10-23-19/h2-6,9-10,13-14,27H,7-8,11-12H2,1H3,(H,22,23). The number of aryl methyl sites for hydroxylation is 1. The number of carbonyl (C=O) groups is 1. The van der Waals surface area contributed by atoms with Gasteiger partial charge in [0.2, 0.25) is 0 Å². The number of aromatic nitrogens is 3. The predicted octanol–water partition coefficient (Wildman–Crippen LogP) is 2.90. The van der Waals surface area contributed by atoms with E-state index in [1.165, 1.54) is 0 Å². The number of aromatic amines is 1. The smallest absolute Gasteiger partial charge is 0.253 e. The molecular weight excluding hydrogens is 340 g/mol. The molecule has 1 fully saturated rings. The molecule has 1 aliphatic heterocycles. The lowest BCUT2D eigenvalue weighted by atomic mass is 9.87. The summed E-state index contributed by atoms with van der Waals surface area (Å²) in [6.07, 6.45) is 6.17. The van der Waals surface area contributed by atoms with Gasteiger partial charge in [0.05, 0.1) is 5.69 Å². The SMILES string of the molecule is Cc1ccc(C2(O)CCN(C(=O)c3cccc(-c4ncc[nH]4)c3)CC2)nc1. The van der Waals surface area contributed by atoms with Gasteiger partial charge in [-0.2, -0.15) is 0 Å². The molecule has 4 rings (SSSR count). The van der Waals surface area contributed by atoms with E-state index >= 15 is 0 Å². The predicted molar refractivity (Wildman–Crippen MR) is 102 cm³/mol. The number of benzene rings is 1. The number of carbonyl (C=O) groups excluding carboxylic acids is 1. The summed E-state index contributed by atoms with van der Waals surface area (Å²) in [5.74, 6) is 0.713. The molecule has 0 saturated carbocycles. The lowest BCUT2D eigenvalue weighted by Crippen LogP contribution is -2.45. The molecule has 0 aliphatic carbocycles. The maximum absolute atomic E-state index is 12.9. The molecule has 2 N–H and O–H groups in total. The maximum Gasteiger partial charge on any atom is 0.253 e. The molecule has 3 aromatic rings. The summed E-state index contributed by atoms with van der Waals surface area (Å²) in [6, 6.07) is 11.3. The number of nitrogens with zero attached hydrogens (tertiary/aromatic N) is 3. The van der Waals surface area contributed by atoms with Gasteiger partial charge in [-0.05, 0) is 43.5 Å². The van der Waals surface area contributed by atoms with Crippen molar-refractivity contribution in [2.45, 2.75) is 25.4 Å². The lowest BCUT2D eigenvalue weighted by Gasteiger charge is -2.37. The van der Waals surface area contributed by atoms with Gasteiger partial charge in [-0.1, -0.05) is 18.2 Å². The first-order valence-corrected chi connectivity index (χ1v) is 9.10. The fourth-order valence-electron chi connectivity index (χ4n) is 3.48. The number of rotatable bonds is 3. The van der Waals surface area contributed by atoms with Crippen molar-refractivity contribution in [1.29, 1.82) is 0 Å². The molecular formula is C21H22N4O2. The topological polar surface area (TPSA) is 82.1 Å². The molecule has 27 heavy (non-hydrogen) atoms. The van der Waals surface area contributed by atoms with E-state index in [-0.39, 0.29) is 5.91 Å². The van der Waals surface area contributed by atoms with Crippen LogP contribution >= 0.6 is 0 Å². The first-order valence-electron chi connectivity index (χ1n) is 9.10. The minimum absolute atomic E-state index is 0.0256. The Labute approximate surface area is 157 Å². The fourth-order valence-corrected chi connectivity index (χ4v) is 3.48. The summed E-state index contributed by atoms with van der Waals surface area (Å²) in [4.78, 5) is 26.4. The summed E-state index contributed by atoms with van der Waals surface area (Å²) >= 11 is 0. The van der Waals surface area contributed by atoms with Gasteiger partial charge in [-0.25, -0.2) is 4.98 Å². The Morgan fingerprint density at radius 1 is 1.19 bits per heavy atom. The molecule has 0 spiro atoms. The summed E-state index contributed by atoms with van der Waals surface area (Å²) in [7, 11) is 0. The second-order valence-electron chi connectivity index (χ2n) is 7.06. The minimum atomic E-state index is -0.972. The van der Waals surface area contributed by atoms with Crippen molar-refractivity contribution < 1.29 is 9.90 Å². The van der Waals surface area contributed by atoms with E-state index < -0.39 is 5.60 Å². The van der Waals surface area contributed by atoms with E-state index in [9.17, 15) is 9.90 Å². The van der Waals surface area contributed by atoms with Crippen LogP contribution in [0.3, 0.4) is 0 Å². The molecule has 138 valence electrons. The van der Waals surface area contributed by atoms with Crippen molar-refractivity contribution in [1.82, 2.24) is 19.9 Å². The van der Waals surface area contributed by atoms with Gasteiger partial charge in [0.25, 0.3) is 5.91 Å². The van der Waals surface area contributed by atoms with Gasteiger partial charge in [-0.15, -0.1) is 0 Å². The van der Waals surface area contributed by atoms with Crippen LogP contribution in [0, 0.1) is 6.92 Å². The molecule has 2 aromatic heterocycles. The Bertz CT molecular complexity index is 927. The molecule has 0 radical (unpaired) electrons. The minimum Gasteiger partial charge on any atom is -0.383 e. The van der Waals surface area contributed by atoms with Gasteiger partial charge in [0.15, 0.2) is 0 Å². The molecule has 1 amide bonds. The van der Waals surface area contributed by atoms with Crippen LogP contribution < -0.4 is 0 Å². The molecule has 0 bridgehead atoms. The van der Waals surface area contributed by atoms with Crippen LogP contribution in [0.25, 0.3) is 11.4 Å². The third-order valence-electron chi connectivity index (χ3n) is 5.15. The quantitative estimate of drug-likeness (QED) is 0.751. The number of hydrogen-bond acceptors (Lipinski definition) is 4. The van der Waals surface area contributed by atoms with Crippen molar-refractivity contribution in [2.24, 2.45) is 0 Å². The highest BCUT2D eigenvalue weighted by molar-refractivity contribution is 5.95. The van der Waals surface area contributed by atoms with Crippen LogP contribution in [-0.2, 0) is 5.60 Å². The summed E-state index contributed by atoms with van der Waals surface area (Å²) < 4.78 is 0. The zero-order chi connectivity index (χ0) is 18.9. The largest absolute Gasteiger partial charge is 0.383 e. The molecule has 1 aromatic carbocycles. The van der Waals surface area contributed by atoms with Crippen molar-refractivity contribution >= 4 is 5.91 Å². The molecule has 1 saturated heterocycles. The van der Waals surface area contributed by atoms with Crippen molar-refractivity contribution in [2.75, 3.05) is 13.1 Å². The molecule has 1 aliphatic rings. The van der Waals surface area contributed by atoms with Gasteiger partial charge in [0.1, 0.15) is 11.4 Å². The first-order chi connectivity index (χ1) is 13.0. The van der Waals surface area contributed by atoms with Crippen molar-refractivity contribution in [3.8, 4) is 11.4 Å². The van der Waals surface area contributed by atoms with Crippen LogP contribution in [0.5, 0.6) is 0 Å².